The zero-order valence-electron chi connectivity index (χ0n) is 20.9. The summed E-state index contributed by atoms with van der Waals surface area (Å²) in [5.41, 5.74) is 1.28. The van der Waals surface area contributed by atoms with Crippen molar-refractivity contribution in [2.75, 3.05) is 33.0 Å². The molecule has 0 fully saturated rings. The molecule has 0 radical (unpaired) electrons. The van der Waals surface area contributed by atoms with Crippen molar-refractivity contribution in [3.05, 3.63) is 58.9 Å². The summed E-state index contributed by atoms with van der Waals surface area (Å²) in [6.45, 7) is 2.98. The molecule has 10 heteroatoms. The lowest BCUT2D eigenvalue weighted by atomic mass is 10.0. The number of ether oxygens (including phenoxy) is 4. The Morgan fingerprint density at radius 3 is 1.86 bits per heavy atom. The van der Waals surface area contributed by atoms with E-state index < -0.39 is 47.2 Å². The van der Waals surface area contributed by atoms with Gasteiger partial charge in [-0.05, 0) is 30.5 Å². The fraction of sp³-hybridized carbons (Fsp3) is 0.519. The number of carbonyl (C=O) groups is 1. The van der Waals surface area contributed by atoms with Crippen LogP contribution in [0.3, 0.4) is 0 Å². The Bertz CT molecular complexity index is 940. The second kappa shape index (κ2) is 16.9. The Labute approximate surface area is 213 Å². The molecule has 0 saturated heterocycles. The summed E-state index contributed by atoms with van der Waals surface area (Å²) in [5.74, 6) is -13.3. The average molecular weight is 533 g/mol. The predicted molar refractivity (Wildman–Crippen MR) is 127 cm³/mol. The third kappa shape index (κ3) is 10.7. The Kier molecular flexibility index (Phi) is 13.9. The van der Waals surface area contributed by atoms with Crippen LogP contribution in [-0.4, -0.2) is 39.0 Å². The molecule has 0 aliphatic carbocycles. The Hall–Kier alpha value is -2.72. The molecule has 0 atom stereocenters. The molecular weight excluding hydrogens is 499 g/mol. The molecule has 0 unspecified atom stereocenters. The molecule has 2 aromatic carbocycles. The zero-order valence-corrected chi connectivity index (χ0v) is 20.9. The van der Waals surface area contributed by atoms with E-state index in [-0.39, 0.29) is 19.8 Å². The van der Waals surface area contributed by atoms with Gasteiger partial charge in [-0.1, -0.05) is 51.2 Å². The van der Waals surface area contributed by atoms with E-state index in [4.69, 9.17) is 14.2 Å². The summed E-state index contributed by atoms with van der Waals surface area (Å²) >= 11 is 0. The van der Waals surface area contributed by atoms with Crippen LogP contribution in [0, 0.1) is 29.1 Å². The van der Waals surface area contributed by atoms with Gasteiger partial charge in [-0.25, -0.2) is 13.2 Å². The lowest BCUT2D eigenvalue weighted by Gasteiger charge is -2.10. The van der Waals surface area contributed by atoms with Crippen LogP contribution in [0.2, 0.25) is 0 Å². The van der Waals surface area contributed by atoms with Crippen LogP contribution < -0.4 is 9.47 Å². The van der Waals surface area contributed by atoms with Gasteiger partial charge in [-0.15, -0.1) is 0 Å². The van der Waals surface area contributed by atoms with Crippen LogP contribution in [0.25, 0.3) is 0 Å². The zero-order chi connectivity index (χ0) is 27.0. The highest BCUT2D eigenvalue weighted by molar-refractivity contribution is 5.72. The molecule has 0 N–H and O–H groups in total. The minimum atomic E-state index is -2.33. The molecule has 0 aliphatic heterocycles. The van der Waals surface area contributed by atoms with Gasteiger partial charge in [0.1, 0.15) is 12.4 Å². The van der Waals surface area contributed by atoms with Crippen molar-refractivity contribution in [1.82, 2.24) is 0 Å². The largest absolute Gasteiger partial charge is 0.491 e. The van der Waals surface area contributed by atoms with Crippen LogP contribution in [-0.2, 0) is 20.7 Å². The first kappa shape index (κ1) is 30.5. The number of hydrogen-bond donors (Lipinski definition) is 0. The summed E-state index contributed by atoms with van der Waals surface area (Å²) in [6, 6.07) is 7.99. The molecule has 0 aliphatic rings. The lowest BCUT2D eigenvalue weighted by Crippen LogP contribution is -2.16. The Morgan fingerprint density at radius 2 is 1.22 bits per heavy atom. The van der Waals surface area contributed by atoms with Gasteiger partial charge < -0.3 is 18.9 Å². The normalized spacial score (nSPS) is 11.1. The van der Waals surface area contributed by atoms with Gasteiger partial charge in [0.25, 0.3) is 0 Å². The van der Waals surface area contributed by atoms with Gasteiger partial charge in [-0.3, -0.25) is 4.79 Å². The number of unbranched alkanes of at least 4 members (excludes halogenated alkanes) is 5. The summed E-state index contributed by atoms with van der Waals surface area (Å²) in [4.78, 5) is 11.6. The standard InChI is InChI=1S/C27H33F5O5/c1-2-3-4-5-6-7-8-19-9-11-20(12-10-19)36-18-17-35-16-15-34-14-13-21(33)37-27-25(31)23(29)22(28)24(30)26(27)32/h9-12H,2-8,13-18H2,1H3. The van der Waals surface area contributed by atoms with E-state index in [1.165, 1.54) is 44.1 Å². The highest BCUT2D eigenvalue weighted by Gasteiger charge is 2.28. The van der Waals surface area contributed by atoms with Crippen molar-refractivity contribution in [3.63, 3.8) is 0 Å². The second-order valence-corrected chi connectivity index (χ2v) is 8.36. The van der Waals surface area contributed by atoms with Gasteiger partial charge >= 0.3 is 5.97 Å². The maximum Gasteiger partial charge on any atom is 0.313 e. The number of halogens is 5. The summed E-state index contributed by atoms with van der Waals surface area (Å²) in [7, 11) is 0. The SMILES string of the molecule is CCCCCCCCc1ccc(OCCOCCOCCC(=O)Oc2c(F)c(F)c(F)c(F)c2F)cc1. The van der Waals surface area contributed by atoms with Gasteiger partial charge in [-0.2, -0.15) is 8.78 Å². The highest BCUT2D eigenvalue weighted by Crippen LogP contribution is 2.29. The molecule has 2 aromatic rings. The summed E-state index contributed by atoms with van der Waals surface area (Å²) < 4.78 is 86.7. The van der Waals surface area contributed by atoms with Crippen LogP contribution in [0.5, 0.6) is 11.5 Å². The number of rotatable bonds is 18. The molecule has 5 nitrogen and oxygen atoms in total. The minimum absolute atomic E-state index is 0.114. The maximum absolute atomic E-state index is 13.5. The third-order valence-corrected chi connectivity index (χ3v) is 5.45. The second-order valence-electron chi connectivity index (χ2n) is 8.36. The molecule has 0 aromatic heterocycles. The van der Waals surface area contributed by atoms with Crippen molar-refractivity contribution < 1.29 is 45.7 Å². The topological polar surface area (TPSA) is 54.0 Å². The fourth-order valence-electron chi connectivity index (χ4n) is 3.40. The first-order valence-electron chi connectivity index (χ1n) is 12.4. The Morgan fingerprint density at radius 1 is 0.676 bits per heavy atom. The van der Waals surface area contributed by atoms with Crippen molar-refractivity contribution in [2.45, 2.75) is 58.3 Å². The number of hydrogen-bond acceptors (Lipinski definition) is 5. The van der Waals surface area contributed by atoms with Crippen LogP contribution in [0.1, 0.15) is 57.4 Å². The summed E-state index contributed by atoms with van der Waals surface area (Å²) in [5, 5.41) is 0. The van der Waals surface area contributed by atoms with Gasteiger partial charge in [0.15, 0.2) is 0 Å². The molecule has 0 amide bonds. The lowest BCUT2D eigenvalue weighted by molar-refractivity contribution is -0.136. The molecule has 2 rings (SSSR count). The quantitative estimate of drug-likeness (QED) is 0.0535. The molecule has 0 heterocycles. The van der Waals surface area contributed by atoms with Gasteiger partial charge in [0.05, 0.1) is 32.8 Å². The molecular formula is C27H33F5O5. The highest BCUT2D eigenvalue weighted by atomic mass is 19.2. The molecule has 206 valence electrons. The fourth-order valence-corrected chi connectivity index (χ4v) is 3.40. The monoisotopic (exact) mass is 532 g/mol. The van der Waals surface area contributed by atoms with E-state index in [9.17, 15) is 26.7 Å². The van der Waals surface area contributed by atoms with E-state index in [0.717, 1.165) is 12.2 Å². The maximum atomic E-state index is 13.5. The smallest absolute Gasteiger partial charge is 0.313 e. The van der Waals surface area contributed by atoms with Crippen molar-refractivity contribution in [2.24, 2.45) is 0 Å². The van der Waals surface area contributed by atoms with E-state index in [1.807, 2.05) is 12.1 Å². The van der Waals surface area contributed by atoms with Crippen LogP contribution in [0.15, 0.2) is 24.3 Å². The van der Waals surface area contributed by atoms with Crippen molar-refractivity contribution in [1.29, 1.82) is 0 Å². The molecule has 37 heavy (non-hydrogen) atoms. The van der Waals surface area contributed by atoms with Gasteiger partial charge in [0, 0.05) is 0 Å². The van der Waals surface area contributed by atoms with E-state index >= 15 is 0 Å². The van der Waals surface area contributed by atoms with Crippen molar-refractivity contribution >= 4 is 5.97 Å². The van der Waals surface area contributed by atoms with Gasteiger partial charge in [0.2, 0.25) is 34.8 Å². The van der Waals surface area contributed by atoms with Crippen molar-refractivity contribution in [3.8, 4) is 11.5 Å². The number of benzene rings is 2. The first-order valence-corrected chi connectivity index (χ1v) is 12.4. The average Bonchev–Trinajstić information content (AvgIpc) is 2.90. The molecule has 0 spiro atoms. The number of aryl methyl sites for hydroxylation is 1. The van der Waals surface area contributed by atoms with E-state index in [2.05, 4.69) is 23.8 Å². The minimum Gasteiger partial charge on any atom is -0.491 e. The Balaban J connectivity index is 1.51. The van der Waals surface area contributed by atoms with E-state index in [0.29, 0.717) is 13.2 Å². The molecule has 0 saturated carbocycles. The third-order valence-electron chi connectivity index (χ3n) is 5.45. The van der Waals surface area contributed by atoms with Crippen LogP contribution in [0.4, 0.5) is 22.0 Å². The number of carbonyl (C=O) groups excluding carboxylic acids is 1. The van der Waals surface area contributed by atoms with E-state index in [1.54, 1.807) is 0 Å². The molecule has 0 bridgehead atoms. The predicted octanol–water partition coefficient (Wildman–Crippen LogP) is 6.69. The first-order chi connectivity index (χ1) is 17.8. The van der Waals surface area contributed by atoms with Crippen LogP contribution >= 0.6 is 0 Å². The summed E-state index contributed by atoms with van der Waals surface area (Å²) in [6.07, 6.45) is 8.19. The number of esters is 1.